The number of halogens is 3. The zero-order chi connectivity index (χ0) is 22.3. The molecule has 4 nitrogen and oxygen atoms in total. The van der Waals surface area contributed by atoms with Gasteiger partial charge in [0.25, 0.3) is 5.91 Å². The summed E-state index contributed by atoms with van der Waals surface area (Å²) >= 11 is 0. The van der Waals surface area contributed by atoms with Crippen molar-refractivity contribution >= 4 is 11.6 Å². The summed E-state index contributed by atoms with van der Waals surface area (Å²) in [7, 11) is 0. The maximum absolute atomic E-state index is 12.7. The van der Waals surface area contributed by atoms with Crippen LogP contribution in [0.1, 0.15) is 34.3 Å². The molecule has 32 heavy (non-hydrogen) atoms. The Kier molecular flexibility index (Phi) is 5.61. The molecule has 2 aromatic carbocycles. The molecule has 4 aliphatic rings. The Morgan fingerprint density at radius 3 is 2.56 bits per heavy atom. The molecule has 2 bridgehead atoms. The Hall–Kier alpha value is -2.54. The third kappa shape index (κ3) is 4.22. The van der Waals surface area contributed by atoms with Crippen LogP contribution in [0.25, 0.3) is 0 Å². The number of alkyl halides is 3. The zero-order valence-corrected chi connectivity index (χ0v) is 17.9. The maximum atomic E-state index is 12.7. The molecule has 4 aliphatic heterocycles. The van der Waals surface area contributed by atoms with E-state index in [0.29, 0.717) is 24.4 Å². The van der Waals surface area contributed by atoms with Crippen molar-refractivity contribution in [3.63, 3.8) is 0 Å². The second-order valence-corrected chi connectivity index (χ2v) is 9.30. The number of carbonyl (C=O) groups excluding carboxylic acids is 1. The van der Waals surface area contributed by atoms with Crippen molar-refractivity contribution in [1.82, 2.24) is 10.2 Å². The van der Waals surface area contributed by atoms with Gasteiger partial charge in [0, 0.05) is 43.5 Å². The highest BCUT2D eigenvalue weighted by Gasteiger charge is 2.41. The molecule has 1 amide bonds. The van der Waals surface area contributed by atoms with Gasteiger partial charge in [0.15, 0.2) is 0 Å². The highest BCUT2D eigenvalue weighted by atomic mass is 19.4. The van der Waals surface area contributed by atoms with Crippen molar-refractivity contribution < 1.29 is 18.0 Å². The van der Waals surface area contributed by atoms with Gasteiger partial charge in [-0.2, -0.15) is 13.2 Å². The Morgan fingerprint density at radius 2 is 1.84 bits per heavy atom. The largest absolute Gasteiger partial charge is 0.416 e. The van der Waals surface area contributed by atoms with E-state index in [4.69, 9.17) is 0 Å². The molecular formula is C25H28F3N3O. The number of anilines is 1. The molecule has 0 aliphatic carbocycles. The van der Waals surface area contributed by atoms with Gasteiger partial charge < -0.3 is 10.2 Å². The second-order valence-electron chi connectivity index (χ2n) is 9.30. The van der Waals surface area contributed by atoms with Crippen LogP contribution in [0, 0.1) is 11.8 Å². The predicted molar refractivity (Wildman–Crippen MR) is 118 cm³/mol. The van der Waals surface area contributed by atoms with Gasteiger partial charge in [-0.3, -0.25) is 9.69 Å². The minimum absolute atomic E-state index is 0.263. The number of rotatable bonds is 5. The van der Waals surface area contributed by atoms with E-state index in [2.05, 4.69) is 39.4 Å². The number of nitrogens with zero attached hydrogens (tertiary/aromatic N) is 2. The van der Waals surface area contributed by atoms with Gasteiger partial charge in [0.1, 0.15) is 0 Å². The molecule has 7 heteroatoms. The van der Waals surface area contributed by atoms with Crippen LogP contribution in [0.5, 0.6) is 0 Å². The van der Waals surface area contributed by atoms with Crippen LogP contribution in [0.4, 0.5) is 18.9 Å². The molecular weight excluding hydrogens is 415 g/mol. The molecule has 0 spiro atoms. The van der Waals surface area contributed by atoms with Crippen LogP contribution < -0.4 is 10.2 Å². The van der Waals surface area contributed by atoms with Crippen LogP contribution in [-0.2, 0) is 12.6 Å². The summed E-state index contributed by atoms with van der Waals surface area (Å²) in [5.74, 6) is 0.976. The predicted octanol–water partition coefficient (Wildman–Crippen LogP) is 4.21. The highest BCUT2D eigenvalue weighted by Crippen LogP contribution is 2.38. The number of hydrogen-bond acceptors (Lipinski definition) is 3. The van der Waals surface area contributed by atoms with Crippen LogP contribution >= 0.6 is 0 Å². The molecule has 4 atom stereocenters. The second kappa shape index (κ2) is 8.43. The fourth-order valence-corrected chi connectivity index (χ4v) is 5.67. The van der Waals surface area contributed by atoms with Crippen LogP contribution in [0.3, 0.4) is 0 Å². The third-order valence-electron chi connectivity index (χ3n) is 7.42. The quantitative estimate of drug-likeness (QED) is 0.752. The molecule has 3 fully saturated rings. The standard InChI is InChI=1S/C25H28F3N3O/c26-25(27,28)21-7-5-18(6-8-21)24(32)29-14-22-13-19-10-11-30(22)15-20(19)16-31-12-9-17-3-1-2-4-23(17)31/h1-8,19-20,22H,9-16H2,(H,29,32)/t19-,20+,22+/m0/s1. The number of para-hydroxylation sites is 1. The average molecular weight is 444 g/mol. The summed E-state index contributed by atoms with van der Waals surface area (Å²) < 4.78 is 38.2. The van der Waals surface area contributed by atoms with E-state index in [1.165, 1.54) is 29.8 Å². The first-order valence-electron chi connectivity index (χ1n) is 11.4. The Morgan fingerprint density at radius 1 is 1.06 bits per heavy atom. The van der Waals surface area contributed by atoms with E-state index in [0.717, 1.165) is 51.2 Å². The summed E-state index contributed by atoms with van der Waals surface area (Å²) in [5.41, 5.74) is 2.35. The summed E-state index contributed by atoms with van der Waals surface area (Å²) in [6.45, 7) is 4.82. The number of fused-ring (bicyclic) bond motifs is 4. The number of amides is 1. The fraction of sp³-hybridized carbons (Fsp3) is 0.480. The summed E-state index contributed by atoms with van der Waals surface area (Å²) in [6, 6.07) is 13.4. The molecule has 0 aromatic heterocycles. The lowest BCUT2D eigenvalue weighted by Gasteiger charge is -2.51. The first-order valence-corrected chi connectivity index (χ1v) is 11.4. The van der Waals surface area contributed by atoms with E-state index in [-0.39, 0.29) is 11.5 Å². The smallest absolute Gasteiger partial charge is 0.371 e. The highest BCUT2D eigenvalue weighted by molar-refractivity contribution is 5.94. The van der Waals surface area contributed by atoms with Crippen LogP contribution in [0.15, 0.2) is 48.5 Å². The van der Waals surface area contributed by atoms with Gasteiger partial charge in [-0.15, -0.1) is 0 Å². The minimum Gasteiger partial charge on any atom is -0.371 e. The molecule has 2 aromatic rings. The van der Waals surface area contributed by atoms with Gasteiger partial charge >= 0.3 is 6.18 Å². The SMILES string of the molecule is O=C(NC[C@H]1C[C@@H]2CCN1C[C@@H]2CN1CCc2ccccc21)c1ccc(C(F)(F)F)cc1. The average Bonchev–Trinajstić information content (AvgIpc) is 3.20. The number of carbonyl (C=O) groups is 1. The molecule has 0 radical (unpaired) electrons. The van der Waals surface area contributed by atoms with Gasteiger partial charge in [-0.25, -0.2) is 0 Å². The fourth-order valence-electron chi connectivity index (χ4n) is 5.67. The molecule has 170 valence electrons. The molecule has 3 saturated heterocycles. The first kappa shape index (κ1) is 21.3. The van der Waals surface area contributed by atoms with Crippen molar-refractivity contribution in [2.45, 2.75) is 31.5 Å². The molecule has 1 N–H and O–H groups in total. The van der Waals surface area contributed by atoms with Gasteiger partial charge in [0.2, 0.25) is 0 Å². The van der Waals surface area contributed by atoms with E-state index in [1.54, 1.807) is 0 Å². The van der Waals surface area contributed by atoms with E-state index in [9.17, 15) is 18.0 Å². The molecule has 4 heterocycles. The van der Waals surface area contributed by atoms with Crippen LogP contribution in [-0.4, -0.2) is 49.6 Å². The van der Waals surface area contributed by atoms with Gasteiger partial charge in [-0.1, -0.05) is 18.2 Å². The zero-order valence-electron chi connectivity index (χ0n) is 17.9. The molecule has 6 rings (SSSR count). The van der Waals surface area contributed by atoms with Crippen molar-refractivity contribution in [2.75, 3.05) is 37.6 Å². The summed E-state index contributed by atoms with van der Waals surface area (Å²) in [5, 5.41) is 2.94. The number of hydrogen-bond donors (Lipinski definition) is 1. The maximum Gasteiger partial charge on any atom is 0.416 e. The van der Waals surface area contributed by atoms with E-state index >= 15 is 0 Å². The Balaban J connectivity index is 1.15. The lowest BCUT2D eigenvalue weighted by atomic mass is 9.75. The summed E-state index contributed by atoms with van der Waals surface area (Å²) in [6.07, 6.45) is -1.01. The number of piperidine rings is 3. The van der Waals surface area contributed by atoms with Gasteiger partial charge in [-0.05, 0) is 73.5 Å². The number of nitrogens with one attached hydrogen (secondary N) is 1. The van der Waals surface area contributed by atoms with Crippen molar-refractivity contribution in [2.24, 2.45) is 11.8 Å². The monoisotopic (exact) mass is 443 g/mol. The van der Waals surface area contributed by atoms with Crippen LogP contribution in [0.2, 0.25) is 0 Å². The summed E-state index contributed by atoms with van der Waals surface area (Å²) in [4.78, 5) is 17.5. The topological polar surface area (TPSA) is 35.6 Å². The lowest BCUT2D eigenvalue weighted by Crippen LogP contribution is -2.58. The van der Waals surface area contributed by atoms with E-state index < -0.39 is 11.7 Å². The molecule has 1 unspecified atom stereocenters. The van der Waals surface area contributed by atoms with Crippen molar-refractivity contribution in [1.29, 1.82) is 0 Å². The minimum atomic E-state index is -4.39. The van der Waals surface area contributed by atoms with Crippen molar-refractivity contribution in [3.8, 4) is 0 Å². The molecule has 0 saturated carbocycles. The first-order chi connectivity index (χ1) is 15.4. The van der Waals surface area contributed by atoms with Gasteiger partial charge in [0.05, 0.1) is 5.56 Å². The Labute approximate surface area is 186 Å². The Bertz CT molecular complexity index is 975. The van der Waals surface area contributed by atoms with E-state index in [1.807, 2.05) is 0 Å². The third-order valence-corrected chi connectivity index (χ3v) is 7.42. The normalized spacial score (nSPS) is 26.8. The number of benzene rings is 2. The lowest BCUT2D eigenvalue weighted by molar-refractivity contribution is -0.137. The van der Waals surface area contributed by atoms with Crippen molar-refractivity contribution in [3.05, 3.63) is 65.2 Å².